The van der Waals surface area contributed by atoms with Gasteiger partial charge in [0.05, 0.1) is 13.2 Å². The van der Waals surface area contributed by atoms with E-state index in [0.29, 0.717) is 38.6 Å². The average molecular weight is 456 g/mol. The Morgan fingerprint density at radius 1 is 0.871 bits per heavy atom. The molecule has 0 fully saturated rings. The summed E-state index contributed by atoms with van der Waals surface area (Å²) >= 11 is 0. The van der Waals surface area contributed by atoms with Gasteiger partial charge in [-0.2, -0.15) is 0 Å². The summed E-state index contributed by atoms with van der Waals surface area (Å²) < 4.78 is 9.25. The zero-order chi connectivity index (χ0) is 23.4. The smallest absolute Gasteiger partial charge is 0.407 e. The number of aliphatic carboxylic acids is 2. The number of aliphatic hydroxyl groups excluding tert-OH is 2. The van der Waals surface area contributed by atoms with Crippen molar-refractivity contribution in [1.82, 2.24) is 10.6 Å². The number of amides is 2. The SMILES string of the molecule is C.C[C@H](NC(=O)OCCCO)C(=O)O.N[C@@H](CCCCNC(=O)OCCCO)C(=O)O. The number of unbranched alkanes of at least 4 members (excludes halogenated alkanes) is 1. The van der Waals surface area contributed by atoms with Crippen LogP contribution >= 0.6 is 0 Å². The lowest BCUT2D eigenvalue weighted by atomic mass is 10.1. The van der Waals surface area contributed by atoms with Gasteiger partial charge >= 0.3 is 24.1 Å². The van der Waals surface area contributed by atoms with Gasteiger partial charge in [-0.1, -0.05) is 7.43 Å². The third-order valence-electron chi connectivity index (χ3n) is 3.30. The summed E-state index contributed by atoms with van der Waals surface area (Å²) in [5, 5.41) is 38.3. The first kappa shape index (κ1) is 33.0. The number of alkyl carbamates (subject to hydrolysis) is 2. The first-order chi connectivity index (χ1) is 14.1. The monoisotopic (exact) mass is 455 g/mol. The fourth-order valence-electron chi connectivity index (χ4n) is 1.59. The molecule has 0 unspecified atom stereocenters. The number of aliphatic hydroxyl groups is 2. The van der Waals surface area contributed by atoms with Gasteiger partial charge in [-0.3, -0.25) is 9.59 Å². The van der Waals surface area contributed by atoms with Gasteiger partial charge in [0, 0.05) is 32.6 Å². The second-order valence-electron chi connectivity index (χ2n) is 6.00. The van der Waals surface area contributed by atoms with Crippen molar-refractivity contribution < 1.29 is 49.1 Å². The normalized spacial score (nSPS) is 11.5. The van der Waals surface area contributed by atoms with Gasteiger partial charge in [-0.25, -0.2) is 9.59 Å². The van der Waals surface area contributed by atoms with Crippen molar-refractivity contribution in [3.05, 3.63) is 0 Å². The molecular formula is C18H37N3O10. The van der Waals surface area contributed by atoms with E-state index in [0.717, 1.165) is 0 Å². The fraction of sp³-hybridized carbons (Fsp3) is 0.778. The molecule has 0 saturated carbocycles. The summed E-state index contributed by atoms with van der Waals surface area (Å²) in [4.78, 5) is 42.4. The highest BCUT2D eigenvalue weighted by Crippen LogP contribution is 1.98. The Kier molecular flexibility index (Phi) is 23.5. The Labute approximate surface area is 181 Å². The third-order valence-corrected chi connectivity index (χ3v) is 3.30. The Bertz CT molecular complexity index is 505. The number of ether oxygens (including phenoxy) is 2. The highest BCUT2D eigenvalue weighted by atomic mass is 16.6. The van der Waals surface area contributed by atoms with Crippen molar-refractivity contribution in [3.63, 3.8) is 0 Å². The van der Waals surface area contributed by atoms with E-state index in [-0.39, 0.29) is 33.9 Å². The minimum absolute atomic E-state index is 0. The zero-order valence-electron chi connectivity index (χ0n) is 17.0. The van der Waals surface area contributed by atoms with Crippen molar-refractivity contribution in [2.24, 2.45) is 5.73 Å². The van der Waals surface area contributed by atoms with Gasteiger partial charge in [-0.05, 0) is 26.2 Å². The lowest BCUT2D eigenvalue weighted by Crippen LogP contribution is -2.38. The molecule has 0 saturated heterocycles. The van der Waals surface area contributed by atoms with E-state index in [1.165, 1.54) is 6.92 Å². The van der Waals surface area contributed by atoms with Gasteiger partial charge in [-0.15, -0.1) is 0 Å². The number of nitrogens with one attached hydrogen (secondary N) is 2. The molecule has 0 aliphatic carbocycles. The molecule has 0 aromatic carbocycles. The number of carbonyl (C=O) groups is 4. The van der Waals surface area contributed by atoms with Gasteiger partial charge in [0.25, 0.3) is 0 Å². The second kappa shape index (κ2) is 22.1. The number of carboxylic acids is 2. The predicted octanol–water partition coefficient (Wildman–Crippen LogP) is -0.119. The van der Waals surface area contributed by atoms with Crippen molar-refractivity contribution in [3.8, 4) is 0 Å². The van der Waals surface area contributed by atoms with Crippen LogP contribution in [0.5, 0.6) is 0 Å². The largest absolute Gasteiger partial charge is 0.480 e. The molecule has 31 heavy (non-hydrogen) atoms. The van der Waals surface area contributed by atoms with Crippen LogP contribution in [-0.2, 0) is 19.1 Å². The molecule has 0 spiro atoms. The molecule has 0 aliphatic rings. The van der Waals surface area contributed by atoms with Gasteiger partial charge in [0.2, 0.25) is 0 Å². The minimum atomic E-state index is -1.13. The maximum Gasteiger partial charge on any atom is 0.407 e. The third kappa shape index (κ3) is 23.5. The van der Waals surface area contributed by atoms with E-state index in [9.17, 15) is 19.2 Å². The molecule has 2 amide bonds. The molecule has 2 atom stereocenters. The van der Waals surface area contributed by atoms with Crippen LogP contribution in [0.4, 0.5) is 9.59 Å². The van der Waals surface area contributed by atoms with E-state index in [1.807, 2.05) is 0 Å². The van der Waals surface area contributed by atoms with Gasteiger partial charge in [0.1, 0.15) is 12.1 Å². The highest BCUT2D eigenvalue weighted by molar-refractivity contribution is 5.79. The Morgan fingerprint density at radius 3 is 1.84 bits per heavy atom. The number of hydrogen-bond acceptors (Lipinski definition) is 9. The van der Waals surface area contributed by atoms with E-state index in [1.54, 1.807) is 0 Å². The summed E-state index contributed by atoms with van der Waals surface area (Å²) in [5.41, 5.74) is 5.30. The van der Waals surface area contributed by atoms with Crippen LogP contribution < -0.4 is 16.4 Å². The van der Waals surface area contributed by atoms with Crippen LogP contribution in [0.3, 0.4) is 0 Å². The Balaban J connectivity index is -0.000000507. The summed E-state index contributed by atoms with van der Waals surface area (Å²) in [6.07, 6.45) is 1.11. The first-order valence-corrected chi connectivity index (χ1v) is 9.42. The second-order valence-corrected chi connectivity index (χ2v) is 6.00. The van der Waals surface area contributed by atoms with E-state index < -0.39 is 36.2 Å². The van der Waals surface area contributed by atoms with Crippen LogP contribution in [0.15, 0.2) is 0 Å². The van der Waals surface area contributed by atoms with Crippen LogP contribution in [0.2, 0.25) is 0 Å². The summed E-state index contributed by atoms with van der Waals surface area (Å²) in [7, 11) is 0. The van der Waals surface area contributed by atoms with Crippen molar-refractivity contribution in [2.75, 3.05) is 33.0 Å². The van der Waals surface area contributed by atoms with Crippen LogP contribution in [0.1, 0.15) is 46.5 Å². The molecule has 8 N–H and O–H groups in total. The summed E-state index contributed by atoms with van der Waals surface area (Å²) in [5.74, 6) is -2.14. The highest BCUT2D eigenvalue weighted by Gasteiger charge is 2.14. The number of hydrogen-bond donors (Lipinski definition) is 7. The van der Waals surface area contributed by atoms with Crippen molar-refractivity contribution in [1.29, 1.82) is 0 Å². The summed E-state index contributed by atoms with van der Waals surface area (Å²) in [6, 6.07) is -1.81. The lowest BCUT2D eigenvalue weighted by molar-refractivity contribution is -0.139. The number of nitrogens with two attached hydrogens (primary N) is 1. The molecule has 184 valence electrons. The molecule has 0 aromatic rings. The molecule has 0 aliphatic heterocycles. The number of rotatable bonds is 14. The van der Waals surface area contributed by atoms with E-state index >= 15 is 0 Å². The molecule has 0 heterocycles. The van der Waals surface area contributed by atoms with Crippen molar-refractivity contribution in [2.45, 2.75) is 58.5 Å². The Hall–Kier alpha value is -2.64. The standard InChI is InChI=1S/C10H20N2O5.C7H13NO5.CH4/c11-8(9(14)15)4-1-2-5-12-10(16)17-7-3-6-13;1-5(6(10)11)8-7(12)13-4-2-3-9;/h8,13H,1-7,11H2,(H,12,16)(H,14,15);5,9H,2-4H2,1H3,(H,8,12)(H,10,11);1H4/t8-;5-;/m00./s1. The average Bonchev–Trinajstić information content (AvgIpc) is 2.68. The Morgan fingerprint density at radius 2 is 1.39 bits per heavy atom. The predicted molar refractivity (Wildman–Crippen MR) is 111 cm³/mol. The first-order valence-electron chi connectivity index (χ1n) is 9.42. The van der Waals surface area contributed by atoms with Gasteiger partial charge < -0.3 is 46.3 Å². The number of carbonyl (C=O) groups excluding carboxylic acids is 2. The molecule has 0 bridgehead atoms. The van der Waals surface area contributed by atoms with Gasteiger partial charge in [0.15, 0.2) is 0 Å². The molecule has 0 aromatic heterocycles. The topological polar surface area (TPSA) is 218 Å². The molecular weight excluding hydrogens is 418 g/mol. The lowest BCUT2D eigenvalue weighted by Gasteiger charge is -2.09. The molecule has 13 nitrogen and oxygen atoms in total. The van der Waals surface area contributed by atoms with Crippen LogP contribution in [0.25, 0.3) is 0 Å². The zero-order valence-corrected chi connectivity index (χ0v) is 17.0. The van der Waals surface area contributed by atoms with Crippen LogP contribution in [0, 0.1) is 0 Å². The van der Waals surface area contributed by atoms with E-state index in [2.05, 4.69) is 15.4 Å². The minimum Gasteiger partial charge on any atom is -0.480 e. The fourth-order valence-corrected chi connectivity index (χ4v) is 1.59. The van der Waals surface area contributed by atoms with Crippen LogP contribution in [-0.4, -0.2) is 89.6 Å². The molecule has 0 rings (SSSR count). The quantitative estimate of drug-likeness (QED) is 0.171. The van der Waals surface area contributed by atoms with E-state index in [4.69, 9.17) is 30.9 Å². The number of carboxylic acid groups (broad SMARTS) is 2. The summed E-state index contributed by atoms with van der Waals surface area (Å²) in [6.45, 7) is 1.93. The molecule has 13 heteroatoms. The molecule has 0 radical (unpaired) electrons. The maximum absolute atomic E-state index is 11.0. The van der Waals surface area contributed by atoms with Crippen molar-refractivity contribution >= 4 is 24.1 Å². The maximum atomic E-state index is 11.0.